The number of fused-ring (bicyclic) bond motifs is 10. The number of hydrogen-bond donors (Lipinski definition) is 1. The number of carbonyl (C=O) groups excluding carboxylic acids is 2. The number of esters is 1. The minimum Gasteiger partial charge on any atom is -0.462 e. The quantitative estimate of drug-likeness (QED) is 0.277. The zero-order chi connectivity index (χ0) is 32.9. The number of allylic oxidation sites excluding steroid dienone is 1. The predicted molar refractivity (Wildman–Crippen MR) is 178 cm³/mol. The van der Waals surface area contributed by atoms with E-state index in [1.807, 2.05) is 29.2 Å². The molecule has 0 bridgehead atoms. The second kappa shape index (κ2) is 10.4. The molecule has 2 aromatic rings. The van der Waals surface area contributed by atoms with Gasteiger partial charge in [-0.1, -0.05) is 73.5 Å². The molecule has 0 aromatic heterocycles. The Morgan fingerprint density at radius 1 is 1.09 bits per heavy atom. The largest absolute Gasteiger partial charge is 0.462 e. The third-order valence-electron chi connectivity index (χ3n) is 13.2. The number of hydrogen-bond acceptors (Lipinski definition) is 6. The molecule has 4 aliphatic carbocycles. The first kappa shape index (κ1) is 30.2. The molecular formula is C40H43N3O4. The van der Waals surface area contributed by atoms with Gasteiger partial charge >= 0.3 is 5.97 Å². The van der Waals surface area contributed by atoms with Crippen LogP contribution < -0.4 is 4.90 Å². The lowest BCUT2D eigenvalue weighted by molar-refractivity contribution is -0.148. The van der Waals surface area contributed by atoms with Crippen molar-refractivity contribution in [2.45, 2.75) is 90.9 Å². The van der Waals surface area contributed by atoms with Crippen molar-refractivity contribution >= 4 is 23.5 Å². The topological polar surface area (TPSA) is 103 Å². The van der Waals surface area contributed by atoms with Gasteiger partial charge in [0.25, 0.3) is 5.91 Å². The molecule has 0 saturated heterocycles. The summed E-state index contributed by atoms with van der Waals surface area (Å²) < 4.78 is 12.2. The number of nitrogens with one attached hydrogen (secondary N) is 1. The summed E-state index contributed by atoms with van der Waals surface area (Å²) in [6.45, 7) is 8.69. The smallest absolute Gasteiger partial charge is 0.302 e. The minimum absolute atomic E-state index is 0.0443. The maximum atomic E-state index is 15.0. The fraction of sp³-hybridized carbons (Fsp3) is 0.500. The monoisotopic (exact) mass is 629 g/mol. The van der Waals surface area contributed by atoms with Gasteiger partial charge in [0.05, 0.1) is 12.2 Å². The first-order valence-corrected chi connectivity index (χ1v) is 17.3. The summed E-state index contributed by atoms with van der Waals surface area (Å²) in [6.07, 6.45) is 8.70. The molecule has 1 N–H and O–H groups in total. The Kier molecular flexibility index (Phi) is 6.68. The summed E-state index contributed by atoms with van der Waals surface area (Å²) in [6, 6.07) is 18.6. The third-order valence-corrected chi connectivity index (χ3v) is 13.2. The predicted octanol–water partition coefficient (Wildman–Crippen LogP) is 7.69. The Morgan fingerprint density at radius 2 is 1.83 bits per heavy atom. The van der Waals surface area contributed by atoms with Crippen LogP contribution >= 0.6 is 0 Å². The van der Waals surface area contributed by atoms with E-state index >= 15 is 0 Å². The van der Waals surface area contributed by atoms with Gasteiger partial charge in [-0.25, -0.2) is 0 Å². The lowest BCUT2D eigenvalue weighted by Crippen LogP contribution is -2.52. The zero-order valence-corrected chi connectivity index (χ0v) is 27.8. The van der Waals surface area contributed by atoms with E-state index < -0.39 is 5.60 Å². The molecule has 2 aromatic carbocycles. The van der Waals surface area contributed by atoms with E-state index in [1.54, 1.807) is 0 Å². The van der Waals surface area contributed by atoms with Crippen LogP contribution in [0.1, 0.15) is 82.4 Å². The maximum Gasteiger partial charge on any atom is 0.302 e. The highest BCUT2D eigenvalue weighted by atomic mass is 16.5. The summed E-state index contributed by atoms with van der Waals surface area (Å²) >= 11 is 0. The highest BCUT2D eigenvalue weighted by molar-refractivity contribution is 6.11. The number of amides is 1. The SMILES string of the molecule is CC(=O)O[C@H]1CC[C@@]2(C)C(=CC[C@@H]3[C@@H]2CC[C@]2(C)C4=C(C#N)C(=N)OC5(C(=O)N(Cc6ccc(C)cc6)c6ccccc65)C4C[C@@H]32)C1. The molecular weight excluding hydrogens is 586 g/mol. The van der Waals surface area contributed by atoms with Crippen LogP contribution in [0.4, 0.5) is 5.69 Å². The number of ether oxygens (including phenoxy) is 2. The fourth-order valence-corrected chi connectivity index (χ4v) is 11.1. The molecule has 8 atom stereocenters. The second-order valence-electron chi connectivity index (χ2n) is 15.4. The van der Waals surface area contributed by atoms with Gasteiger partial charge in [-0.05, 0) is 91.2 Å². The van der Waals surface area contributed by atoms with E-state index in [4.69, 9.17) is 14.9 Å². The second-order valence-corrected chi connectivity index (χ2v) is 15.4. The van der Waals surface area contributed by atoms with Gasteiger partial charge in [0, 0.05) is 24.8 Å². The van der Waals surface area contributed by atoms with Crippen molar-refractivity contribution in [3.05, 3.63) is 88.0 Å². The average molecular weight is 630 g/mol. The van der Waals surface area contributed by atoms with E-state index in [1.165, 1.54) is 12.5 Å². The highest BCUT2D eigenvalue weighted by Crippen LogP contribution is 2.71. The van der Waals surface area contributed by atoms with Crippen LogP contribution in [0.5, 0.6) is 0 Å². The van der Waals surface area contributed by atoms with Crippen molar-refractivity contribution in [2.75, 3.05) is 4.90 Å². The standard InChI is InChI=1S/C40H43N3O4/c1-23-9-11-25(12-10-23)22-43-34-8-6-5-7-31(34)40(37(43)45)33-20-32-28-14-13-26-19-27(46-24(2)44)15-17-38(26,3)30(28)16-18-39(32,4)35(33)29(21-41)36(42)47-40/h5-13,27-28,30,32-33,42H,14-20,22H2,1-4H3/t27-,28+,30-,32-,33?,38-,39-,40?/m0/s1. The molecule has 2 aliphatic heterocycles. The van der Waals surface area contributed by atoms with Crippen LogP contribution in [0.15, 0.2) is 71.3 Å². The molecule has 6 aliphatic rings. The van der Waals surface area contributed by atoms with Crippen LogP contribution in [0.3, 0.4) is 0 Å². The molecule has 3 saturated carbocycles. The Hall–Kier alpha value is -4.18. The molecule has 7 nitrogen and oxygen atoms in total. The molecule has 3 fully saturated rings. The molecule has 1 spiro atoms. The molecule has 7 heteroatoms. The fourth-order valence-electron chi connectivity index (χ4n) is 11.1. The number of aryl methyl sites for hydroxylation is 1. The number of carbonyl (C=O) groups is 2. The van der Waals surface area contributed by atoms with Gasteiger partial charge in [0.2, 0.25) is 11.5 Å². The maximum absolute atomic E-state index is 15.0. The van der Waals surface area contributed by atoms with E-state index in [2.05, 4.69) is 57.2 Å². The van der Waals surface area contributed by atoms with Crippen molar-refractivity contribution in [3.63, 3.8) is 0 Å². The van der Waals surface area contributed by atoms with E-state index in [0.717, 1.165) is 72.9 Å². The molecule has 8 rings (SSSR count). The van der Waals surface area contributed by atoms with Crippen LogP contribution in [0.2, 0.25) is 0 Å². The van der Waals surface area contributed by atoms with Crippen LogP contribution in [-0.2, 0) is 31.2 Å². The van der Waals surface area contributed by atoms with Crippen LogP contribution in [-0.4, -0.2) is 23.9 Å². The summed E-state index contributed by atoms with van der Waals surface area (Å²) in [5, 5.41) is 19.6. The van der Waals surface area contributed by atoms with Gasteiger partial charge in [-0.3, -0.25) is 15.0 Å². The number of rotatable bonds is 3. The molecule has 2 heterocycles. The summed E-state index contributed by atoms with van der Waals surface area (Å²) in [7, 11) is 0. The lowest BCUT2D eigenvalue weighted by atomic mass is 9.47. The van der Waals surface area contributed by atoms with Gasteiger partial charge in [0.15, 0.2) is 0 Å². The van der Waals surface area contributed by atoms with Crippen LogP contribution in [0.25, 0.3) is 0 Å². The molecule has 0 radical (unpaired) electrons. The normalized spacial score (nSPS) is 36.8. The minimum atomic E-state index is -1.37. The molecule has 1 amide bonds. The Bertz CT molecular complexity index is 1820. The molecule has 47 heavy (non-hydrogen) atoms. The summed E-state index contributed by atoms with van der Waals surface area (Å²) in [4.78, 5) is 28.6. The Balaban J connectivity index is 1.20. The summed E-state index contributed by atoms with van der Waals surface area (Å²) in [5.41, 5.74) is 4.92. The first-order valence-electron chi connectivity index (χ1n) is 17.3. The van der Waals surface area contributed by atoms with Crippen molar-refractivity contribution < 1.29 is 19.1 Å². The van der Waals surface area contributed by atoms with Crippen molar-refractivity contribution in [1.82, 2.24) is 0 Å². The molecule has 2 unspecified atom stereocenters. The number of nitriles is 1. The average Bonchev–Trinajstić information content (AvgIpc) is 3.48. The number of nitrogens with zero attached hydrogens (tertiary/aromatic N) is 2. The number of para-hydroxylation sites is 1. The van der Waals surface area contributed by atoms with Gasteiger partial charge in [0.1, 0.15) is 17.7 Å². The van der Waals surface area contributed by atoms with Crippen LogP contribution in [0, 0.1) is 58.2 Å². The van der Waals surface area contributed by atoms with Crippen molar-refractivity contribution in [3.8, 4) is 6.07 Å². The van der Waals surface area contributed by atoms with Gasteiger partial charge in [-0.15, -0.1) is 0 Å². The van der Waals surface area contributed by atoms with Crippen molar-refractivity contribution in [1.29, 1.82) is 10.7 Å². The number of anilines is 1. The highest BCUT2D eigenvalue weighted by Gasteiger charge is 2.70. The third kappa shape index (κ3) is 4.12. The molecule has 242 valence electrons. The number of benzene rings is 2. The van der Waals surface area contributed by atoms with Crippen molar-refractivity contribution in [2.24, 2.45) is 34.5 Å². The Morgan fingerprint density at radius 3 is 2.57 bits per heavy atom. The lowest BCUT2D eigenvalue weighted by Gasteiger charge is -2.57. The summed E-state index contributed by atoms with van der Waals surface area (Å²) in [5.74, 6) is 0.281. The van der Waals surface area contributed by atoms with Gasteiger partial charge in [-0.2, -0.15) is 5.26 Å². The van der Waals surface area contributed by atoms with E-state index in [-0.39, 0.29) is 46.5 Å². The Labute approximate surface area is 277 Å². The zero-order valence-electron chi connectivity index (χ0n) is 27.8. The van der Waals surface area contributed by atoms with E-state index in [0.29, 0.717) is 24.0 Å². The van der Waals surface area contributed by atoms with E-state index in [9.17, 15) is 14.9 Å². The first-order chi connectivity index (χ1) is 22.5. The van der Waals surface area contributed by atoms with Gasteiger partial charge < -0.3 is 14.4 Å².